The number of methoxy groups -OCH3 is 1. The molecule has 1 saturated carbocycles. The fraction of sp³-hybridized carbons (Fsp3) is 0.647. The molecule has 2 heterocycles. The molecule has 0 bridgehead atoms. The van der Waals surface area contributed by atoms with Crippen LogP contribution in [0.3, 0.4) is 0 Å². The van der Waals surface area contributed by atoms with Crippen LogP contribution in [0.1, 0.15) is 38.3 Å². The van der Waals surface area contributed by atoms with Crippen molar-refractivity contribution < 1.29 is 9.53 Å². The first-order valence-corrected chi connectivity index (χ1v) is 8.17. The summed E-state index contributed by atoms with van der Waals surface area (Å²) in [7, 11) is 1.68. The molecule has 0 radical (unpaired) electrons. The molecule has 0 aromatic carbocycles. The summed E-state index contributed by atoms with van der Waals surface area (Å²) in [6.07, 6.45) is 6.50. The average Bonchev–Trinajstić information content (AvgIpc) is 3.26. The molecule has 3 rings (SSSR count). The Morgan fingerprint density at radius 2 is 2.27 bits per heavy atom. The van der Waals surface area contributed by atoms with E-state index in [0.717, 1.165) is 31.1 Å². The van der Waals surface area contributed by atoms with Gasteiger partial charge in [-0.1, -0.05) is 0 Å². The van der Waals surface area contributed by atoms with Crippen molar-refractivity contribution in [3.63, 3.8) is 0 Å². The van der Waals surface area contributed by atoms with E-state index >= 15 is 0 Å². The zero-order chi connectivity index (χ0) is 15.5. The smallest absolute Gasteiger partial charge is 0.219 e. The van der Waals surface area contributed by atoms with E-state index in [2.05, 4.69) is 14.8 Å². The third kappa shape index (κ3) is 3.58. The van der Waals surface area contributed by atoms with Crippen molar-refractivity contribution in [2.75, 3.05) is 20.2 Å². The standard InChI is InChI=1S/C17H25N3O2/c1-13(21)20(15-5-6-15)12-16-4-3-9-19(16)11-14-10-17(22-2)7-8-18-14/h7-8,10,15-16H,3-6,9,11-12H2,1-2H3/t16-/m0/s1. The Labute approximate surface area is 132 Å². The van der Waals surface area contributed by atoms with Crippen LogP contribution in [-0.2, 0) is 11.3 Å². The molecule has 0 unspecified atom stereocenters. The molecule has 120 valence electrons. The SMILES string of the molecule is COc1ccnc(CN2CCC[C@H]2CN(C(C)=O)C2CC2)c1. The van der Waals surface area contributed by atoms with E-state index in [1.165, 1.54) is 25.7 Å². The van der Waals surface area contributed by atoms with E-state index in [-0.39, 0.29) is 5.91 Å². The second-order valence-corrected chi connectivity index (χ2v) is 6.36. The number of pyridine rings is 1. The number of ether oxygens (including phenoxy) is 1. The first kappa shape index (κ1) is 15.3. The summed E-state index contributed by atoms with van der Waals surface area (Å²) in [5.41, 5.74) is 1.03. The molecule has 1 aromatic rings. The number of amides is 1. The number of carbonyl (C=O) groups excluding carboxylic acids is 1. The number of hydrogen-bond acceptors (Lipinski definition) is 4. The van der Waals surface area contributed by atoms with Gasteiger partial charge in [0.1, 0.15) is 5.75 Å². The summed E-state index contributed by atoms with van der Waals surface area (Å²) < 4.78 is 5.27. The van der Waals surface area contributed by atoms with Crippen molar-refractivity contribution in [1.82, 2.24) is 14.8 Å². The molecular weight excluding hydrogens is 278 g/mol. The van der Waals surface area contributed by atoms with Gasteiger partial charge >= 0.3 is 0 Å². The summed E-state index contributed by atoms with van der Waals surface area (Å²) in [5, 5.41) is 0. The van der Waals surface area contributed by atoms with Crippen LogP contribution in [0.5, 0.6) is 5.75 Å². The second kappa shape index (κ2) is 6.65. The molecule has 1 saturated heterocycles. The van der Waals surface area contributed by atoms with E-state index in [0.29, 0.717) is 12.1 Å². The third-order valence-electron chi connectivity index (χ3n) is 4.69. The lowest BCUT2D eigenvalue weighted by molar-refractivity contribution is -0.130. The van der Waals surface area contributed by atoms with E-state index < -0.39 is 0 Å². The Morgan fingerprint density at radius 1 is 1.45 bits per heavy atom. The fourth-order valence-corrected chi connectivity index (χ4v) is 3.34. The molecule has 1 atom stereocenters. The quantitative estimate of drug-likeness (QED) is 0.807. The Morgan fingerprint density at radius 3 is 2.95 bits per heavy atom. The van der Waals surface area contributed by atoms with Gasteiger partial charge in [-0.05, 0) is 38.3 Å². The first-order chi connectivity index (χ1) is 10.7. The Balaban J connectivity index is 1.63. The number of likely N-dealkylation sites (tertiary alicyclic amines) is 1. The summed E-state index contributed by atoms with van der Waals surface area (Å²) in [5.74, 6) is 1.07. The lowest BCUT2D eigenvalue weighted by Gasteiger charge is -2.30. The van der Waals surface area contributed by atoms with Gasteiger partial charge in [0.05, 0.1) is 12.8 Å². The molecule has 1 aliphatic carbocycles. The maximum Gasteiger partial charge on any atom is 0.219 e. The minimum Gasteiger partial charge on any atom is -0.497 e. The number of rotatable bonds is 6. The van der Waals surface area contributed by atoms with E-state index in [1.54, 1.807) is 20.2 Å². The molecule has 5 nitrogen and oxygen atoms in total. The highest BCUT2D eigenvalue weighted by atomic mass is 16.5. The zero-order valence-corrected chi connectivity index (χ0v) is 13.5. The second-order valence-electron chi connectivity index (χ2n) is 6.36. The predicted molar refractivity (Wildman–Crippen MR) is 84.6 cm³/mol. The molecule has 22 heavy (non-hydrogen) atoms. The molecule has 5 heteroatoms. The lowest BCUT2D eigenvalue weighted by atomic mass is 10.2. The maximum atomic E-state index is 11.8. The molecule has 1 aromatic heterocycles. The lowest BCUT2D eigenvalue weighted by Crippen LogP contribution is -2.43. The first-order valence-electron chi connectivity index (χ1n) is 8.17. The van der Waals surface area contributed by atoms with Crippen molar-refractivity contribution in [3.8, 4) is 5.75 Å². The summed E-state index contributed by atoms with van der Waals surface area (Å²) in [6.45, 7) is 4.48. The molecule has 2 fully saturated rings. The zero-order valence-electron chi connectivity index (χ0n) is 13.5. The average molecular weight is 303 g/mol. The van der Waals surface area contributed by atoms with Crippen LogP contribution in [0.4, 0.5) is 0 Å². The van der Waals surface area contributed by atoms with Gasteiger partial charge in [0, 0.05) is 44.4 Å². The van der Waals surface area contributed by atoms with Gasteiger partial charge in [-0.3, -0.25) is 14.7 Å². The van der Waals surface area contributed by atoms with Crippen LogP contribution in [-0.4, -0.2) is 53.0 Å². The fourth-order valence-electron chi connectivity index (χ4n) is 3.34. The minimum absolute atomic E-state index is 0.217. The molecule has 0 spiro atoms. The van der Waals surface area contributed by atoms with Crippen molar-refractivity contribution >= 4 is 5.91 Å². The van der Waals surface area contributed by atoms with Gasteiger partial charge in [-0.2, -0.15) is 0 Å². The maximum absolute atomic E-state index is 11.8. The Hall–Kier alpha value is -1.62. The van der Waals surface area contributed by atoms with Crippen LogP contribution >= 0.6 is 0 Å². The van der Waals surface area contributed by atoms with E-state index in [1.807, 2.05) is 12.1 Å². The van der Waals surface area contributed by atoms with Crippen LogP contribution in [0.2, 0.25) is 0 Å². The highest BCUT2D eigenvalue weighted by Crippen LogP contribution is 2.29. The highest BCUT2D eigenvalue weighted by Gasteiger charge is 2.35. The van der Waals surface area contributed by atoms with Crippen molar-refractivity contribution in [1.29, 1.82) is 0 Å². The van der Waals surface area contributed by atoms with Gasteiger partial charge in [-0.25, -0.2) is 0 Å². The largest absolute Gasteiger partial charge is 0.497 e. The third-order valence-corrected chi connectivity index (χ3v) is 4.69. The number of aromatic nitrogens is 1. The number of nitrogens with zero attached hydrogens (tertiary/aromatic N) is 3. The van der Waals surface area contributed by atoms with Gasteiger partial charge in [0.25, 0.3) is 0 Å². The summed E-state index contributed by atoms with van der Waals surface area (Å²) >= 11 is 0. The van der Waals surface area contributed by atoms with Crippen molar-refractivity contribution in [2.45, 2.75) is 51.2 Å². The normalized spacial score (nSPS) is 21.8. The number of carbonyl (C=O) groups is 1. The Kier molecular flexibility index (Phi) is 4.62. The summed E-state index contributed by atoms with van der Waals surface area (Å²) in [4.78, 5) is 20.8. The van der Waals surface area contributed by atoms with Crippen LogP contribution in [0.25, 0.3) is 0 Å². The van der Waals surface area contributed by atoms with E-state index in [9.17, 15) is 4.79 Å². The monoisotopic (exact) mass is 303 g/mol. The Bertz CT molecular complexity index is 530. The van der Waals surface area contributed by atoms with Gasteiger partial charge in [-0.15, -0.1) is 0 Å². The predicted octanol–water partition coefficient (Wildman–Crippen LogP) is 2.07. The molecule has 1 amide bonds. The molecule has 2 aliphatic rings. The summed E-state index contributed by atoms with van der Waals surface area (Å²) in [6, 6.07) is 4.82. The van der Waals surface area contributed by atoms with Crippen molar-refractivity contribution in [2.24, 2.45) is 0 Å². The van der Waals surface area contributed by atoms with E-state index in [4.69, 9.17) is 4.74 Å². The molecule has 0 N–H and O–H groups in total. The van der Waals surface area contributed by atoms with Gasteiger partial charge < -0.3 is 9.64 Å². The van der Waals surface area contributed by atoms with Gasteiger partial charge in [0.2, 0.25) is 5.91 Å². The number of hydrogen-bond donors (Lipinski definition) is 0. The minimum atomic E-state index is 0.217. The van der Waals surface area contributed by atoms with Crippen LogP contribution < -0.4 is 4.74 Å². The van der Waals surface area contributed by atoms with Crippen LogP contribution in [0, 0.1) is 0 Å². The van der Waals surface area contributed by atoms with Crippen LogP contribution in [0.15, 0.2) is 18.3 Å². The molecule has 1 aliphatic heterocycles. The topological polar surface area (TPSA) is 45.7 Å². The highest BCUT2D eigenvalue weighted by molar-refractivity contribution is 5.74. The van der Waals surface area contributed by atoms with Gasteiger partial charge in [0.15, 0.2) is 0 Å². The van der Waals surface area contributed by atoms with Crippen molar-refractivity contribution in [3.05, 3.63) is 24.0 Å². The molecular formula is C17H25N3O2.